The van der Waals surface area contributed by atoms with Gasteiger partial charge in [0.2, 0.25) is 0 Å². The number of hydrogen-bond acceptors (Lipinski definition) is 4. The molecule has 0 spiro atoms. The Bertz CT molecular complexity index is 624. The molecule has 1 unspecified atom stereocenters. The predicted molar refractivity (Wildman–Crippen MR) is 89.3 cm³/mol. The van der Waals surface area contributed by atoms with E-state index in [0.29, 0.717) is 13.1 Å². The number of benzene rings is 1. The van der Waals surface area contributed by atoms with Gasteiger partial charge in [-0.3, -0.25) is 9.59 Å². The molecule has 0 saturated carbocycles. The summed E-state index contributed by atoms with van der Waals surface area (Å²) >= 11 is 0. The van der Waals surface area contributed by atoms with Crippen LogP contribution in [0.4, 0.5) is 4.39 Å². The number of halogens is 1. The molecule has 136 valence electrons. The quantitative estimate of drug-likeness (QED) is 0.793. The smallest absolute Gasteiger partial charge is 0.329 e. The molecule has 1 atom stereocenters. The van der Waals surface area contributed by atoms with E-state index in [-0.39, 0.29) is 24.0 Å². The van der Waals surface area contributed by atoms with E-state index in [2.05, 4.69) is 5.32 Å². The summed E-state index contributed by atoms with van der Waals surface area (Å²) in [7, 11) is 0. The Morgan fingerprint density at radius 1 is 1.16 bits per heavy atom. The SMILES string of the molecule is CC(C)C(NC(=O)c1ccc(F)cc1)C(=O)OCC(=O)N1CCCC1. The summed E-state index contributed by atoms with van der Waals surface area (Å²) in [6, 6.07) is 4.14. The zero-order chi connectivity index (χ0) is 18.4. The van der Waals surface area contributed by atoms with E-state index in [0.717, 1.165) is 12.8 Å². The summed E-state index contributed by atoms with van der Waals surface area (Å²) in [5.74, 6) is -2.05. The Labute approximate surface area is 146 Å². The molecule has 25 heavy (non-hydrogen) atoms. The van der Waals surface area contributed by atoms with Crippen LogP contribution in [0.25, 0.3) is 0 Å². The lowest BCUT2D eigenvalue weighted by atomic mass is 10.0. The lowest BCUT2D eigenvalue weighted by molar-refractivity contribution is -0.154. The number of hydrogen-bond donors (Lipinski definition) is 1. The molecule has 6 nitrogen and oxygen atoms in total. The molecule has 2 amide bonds. The minimum absolute atomic E-state index is 0.223. The van der Waals surface area contributed by atoms with E-state index < -0.39 is 23.7 Å². The van der Waals surface area contributed by atoms with Crippen molar-refractivity contribution in [3.63, 3.8) is 0 Å². The molecule has 1 heterocycles. The van der Waals surface area contributed by atoms with E-state index in [9.17, 15) is 18.8 Å². The molecule has 0 aliphatic carbocycles. The lowest BCUT2D eigenvalue weighted by Crippen LogP contribution is -2.46. The van der Waals surface area contributed by atoms with Crippen molar-refractivity contribution in [2.24, 2.45) is 5.92 Å². The van der Waals surface area contributed by atoms with Gasteiger partial charge in [0.15, 0.2) is 6.61 Å². The molecule has 1 aliphatic rings. The van der Waals surface area contributed by atoms with Crippen LogP contribution in [-0.4, -0.2) is 48.4 Å². The van der Waals surface area contributed by atoms with Gasteiger partial charge in [0.25, 0.3) is 11.8 Å². The minimum atomic E-state index is -0.885. The highest BCUT2D eigenvalue weighted by Crippen LogP contribution is 2.10. The fraction of sp³-hybridized carbons (Fsp3) is 0.500. The second kappa shape index (κ2) is 8.60. The Kier molecular flexibility index (Phi) is 6.50. The largest absolute Gasteiger partial charge is 0.454 e. The van der Waals surface area contributed by atoms with Crippen molar-refractivity contribution in [3.8, 4) is 0 Å². The third-order valence-corrected chi connectivity index (χ3v) is 4.11. The highest BCUT2D eigenvalue weighted by Gasteiger charge is 2.28. The second-order valence-electron chi connectivity index (χ2n) is 6.40. The van der Waals surface area contributed by atoms with Crippen LogP contribution in [0, 0.1) is 11.7 Å². The molecule has 1 N–H and O–H groups in total. The first kappa shape index (κ1) is 18.9. The molecular weight excluding hydrogens is 327 g/mol. The maximum absolute atomic E-state index is 12.9. The number of rotatable bonds is 6. The van der Waals surface area contributed by atoms with Crippen molar-refractivity contribution in [2.75, 3.05) is 19.7 Å². The highest BCUT2D eigenvalue weighted by atomic mass is 19.1. The van der Waals surface area contributed by atoms with Crippen LogP contribution < -0.4 is 5.32 Å². The molecule has 1 aliphatic heterocycles. The monoisotopic (exact) mass is 350 g/mol. The molecule has 1 saturated heterocycles. The molecule has 0 aromatic heterocycles. The Morgan fingerprint density at radius 3 is 2.32 bits per heavy atom. The Morgan fingerprint density at radius 2 is 1.76 bits per heavy atom. The van der Waals surface area contributed by atoms with Crippen molar-refractivity contribution in [2.45, 2.75) is 32.7 Å². The van der Waals surface area contributed by atoms with Crippen LogP contribution in [0.1, 0.15) is 37.0 Å². The molecular formula is C18H23FN2O4. The normalized spacial score (nSPS) is 15.1. The van der Waals surface area contributed by atoms with Gasteiger partial charge in [-0.2, -0.15) is 0 Å². The third-order valence-electron chi connectivity index (χ3n) is 4.11. The Balaban J connectivity index is 1.92. The summed E-state index contributed by atoms with van der Waals surface area (Å²) in [5.41, 5.74) is 0.244. The number of carbonyl (C=O) groups is 3. The minimum Gasteiger partial charge on any atom is -0.454 e. The van der Waals surface area contributed by atoms with Gasteiger partial charge in [-0.15, -0.1) is 0 Å². The number of amides is 2. The fourth-order valence-electron chi connectivity index (χ4n) is 2.60. The van der Waals surface area contributed by atoms with Crippen molar-refractivity contribution in [3.05, 3.63) is 35.6 Å². The summed E-state index contributed by atoms with van der Waals surface area (Å²) in [6.07, 6.45) is 1.92. The maximum atomic E-state index is 12.9. The van der Waals surface area contributed by atoms with Gasteiger partial charge < -0.3 is 15.0 Å². The number of nitrogens with zero attached hydrogens (tertiary/aromatic N) is 1. The predicted octanol–water partition coefficient (Wildman–Crippen LogP) is 1.75. The number of carbonyl (C=O) groups excluding carboxylic acids is 3. The van der Waals surface area contributed by atoms with Gasteiger partial charge in [-0.05, 0) is 43.0 Å². The van der Waals surface area contributed by atoms with E-state index in [1.165, 1.54) is 24.3 Å². The van der Waals surface area contributed by atoms with Gasteiger partial charge in [0.1, 0.15) is 11.9 Å². The van der Waals surface area contributed by atoms with Crippen LogP contribution in [-0.2, 0) is 14.3 Å². The van der Waals surface area contributed by atoms with E-state index >= 15 is 0 Å². The topological polar surface area (TPSA) is 75.7 Å². The van der Waals surface area contributed by atoms with Crippen molar-refractivity contribution >= 4 is 17.8 Å². The lowest BCUT2D eigenvalue weighted by Gasteiger charge is -2.22. The van der Waals surface area contributed by atoms with Gasteiger partial charge in [-0.25, -0.2) is 9.18 Å². The van der Waals surface area contributed by atoms with Gasteiger partial charge in [0.05, 0.1) is 0 Å². The summed E-state index contributed by atoms with van der Waals surface area (Å²) in [4.78, 5) is 38.1. The van der Waals surface area contributed by atoms with Crippen LogP contribution in [0.15, 0.2) is 24.3 Å². The maximum Gasteiger partial charge on any atom is 0.329 e. The highest BCUT2D eigenvalue weighted by molar-refractivity contribution is 5.97. The summed E-state index contributed by atoms with van der Waals surface area (Å²) < 4.78 is 18.0. The number of nitrogens with one attached hydrogen (secondary N) is 1. The van der Waals surface area contributed by atoms with E-state index in [1.807, 2.05) is 0 Å². The average Bonchev–Trinajstić information content (AvgIpc) is 3.12. The fourth-order valence-corrected chi connectivity index (χ4v) is 2.60. The standard InChI is InChI=1S/C18H23FN2O4/c1-12(2)16(20-17(23)13-5-7-14(19)8-6-13)18(24)25-11-15(22)21-9-3-4-10-21/h5-8,12,16H,3-4,9-11H2,1-2H3,(H,20,23). The molecule has 0 radical (unpaired) electrons. The molecule has 0 bridgehead atoms. The van der Waals surface area contributed by atoms with Crippen LogP contribution in [0.2, 0.25) is 0 Å². The number of ether oxygens (including phenoxy) is 1. The zero-order valence-corrected chi connectivity index (χ0v) is 14.5. The molecule has 1 fully saturated rings. The Hall–Kier alpha value is -2.44. The van der Waals surface area contributed by atoms with Crippen LogP contribution >= 0.6 is 0 Å². The summed E-state index contributed by atoms with van der Waals surface area (Å²) in [6.45, 7) is 4.57. The third kappa shape index (κ3) is 5.27. The van der Waals surface area contributed by atoms with Gasteiger partial charge in [-0.1, -0.05) is 13.8 Å². The first-order valence-corrected chi connectivity index (χ1v) is 8.39. The van der Waals surface area contributed by atoms with Crippen LogP contribution in [0.5, 0.6) is 0 Å². The van der Waals surface area contributed by atoms with Crippen molar-refractivity contribution in [1.29, 1.82) is 0 Å². The van der Waals surface area contributed by atoms with E-state index in [4.69, 9.17) is 4.74 Å². The molecule has 7 heteroatoms. The van der Waals surface area contributed by atoms with Crippen molar-refractivity contribution < 1.29 is 23.5 Å². The number of likely N-dealkylation sites (tertiary alicyclic amines) is 1. The molecule has 1 aromatic carbocycles. The number of esters is 1. The zero-order valence-electron chi connectivity index (χ0n) is 14.5. The van der Waals surface area contributed by atoms with E-state index in [1.54, 1.807) is 18.7 Å². The van der Waals surface area contributed by atoms with Gasteiger partial charge >= 0.3 is 5.97 Å². The van der Waals surface area contributed by atoms with Gasteiger partial charge in [0, 0.05) is 18.7 Å². The van der Waals surface area contributed by atoms with Crippen LogP contribution in [0.3, 0.4) is 0 Å². The molecule has 2 rings (SSSR count). The average molecular weight is 350 g/mol. The molecule has 1 aromatic rings. The first-order valence-electron chi connectivity index (χ1n) is 8.39. The van der Waals surface area contributed by atoms with Crippen molar-refractivity contribution in [1.82, 2.24) is 10.2 Å². The second-order valence-corrected chi connectivity index (χ2v) is 6.40. The first-order chi connectivity index (χ1) is 11.9. The summed E-state index contributed by atoms with van der Waals surface area (Å²) in [5, 5.41) is 2.58.